The molecular formula is C29H26N2O4. The lowest BCUT2D eigenvalue weighted by Gasteiger charge is -2.19. The van der Waals surface area contributed by atoms with Gasteiger partial charge in [-0.1, -0.05) is 73.7 Å². The summed E-state index contributed by atoms with van der Waals surface area (Å²) in [5, 5.41) is 15.2. The number of nitrogens with one attached hydrogen (secondary N) is 1. The van der Waals surface area contributed by atoms with E-state index < -0.39 is 12.1 Å². The molecule has 176 valence electrons. The van der Waals surface area contributed by atoms with Gasteiger partial charge in [0, 0.05) is 6.54 Å². The summed E-state index contributed by atoms with van der Waals surface area (Å²) < 4.78 is 11.9. The molecule has 6 heteroatoms. The molecule has 0 bridgehead atoms. The molecular weight excluding hydrogens is 440 g/mol. The van der Waals surface area contributed by atoms with Gasteiger partial charge in [-0.15, -0.1) is 0 Å². The molecule has 2 atom stereocenters. The molecule has 0 saturated heterocycles. The maximum absolute atomic E-state index is 11.4. The molecule has 0 radical (unpaired) electrons. The fraction of sp³-hybridized carbons (Fsp3) is 0.172. The van der Waals surface area contributed by atoms with Crippen molar-refractivity contribution in [2.45, 2.75) is 32.0 Å². The quantitative estimate of drug-likeness (QED) is 0.273. The molecule has 1 aromatic heterocycles. The summed E-state index contributed by atoms with van der Waals surface area (Å²) in [5.74, 6) is 0.150. The van der Waals surface area contributed by atoms with Gasteiger partial charge in [0.1, 0.15) is 17.3 Å². The number of carboxylic acid groups (broad SMARTS) is 1. The van der Waals surface area contributed by atoms with Gasteiger partial charge in [-0.05, 0) is 52.6 Å². The minimum Gasteiger partial charge on any atom is -0.479 e. The number of oxazole rings is 1. The van der Waals surface area contributed by atoms with Gasteiger partial charge in [0.2, 0.25) is 5.89 Å². The molecule has 6 nitrogen and oxygen atoms in total. The lowest BCUT2D eigenvalue weighted by molar-refractivity contribution is -0.145. The van der Waals surface area contributed by atoms with Crippen molar-refractivity contribution in [3.63, 3.8) is 0 Å². The van der Waals surface area contributed by atoms with E-state index in [4.69, 9.17) is 14.1 Å². The highest BCUT2D eigenvalue weighted by atomic mass is 16.5. The third-order valence-corrected chi connectivity index (χ3v) is 6.03. The van der Waals surface area contributed by atoms with Crippen LogP contribution in [0.4, 0.5) is 0 Å². The normalized spacial score (nSPS) is 13.1. The predicted molar refractivity (Wildman–Crippen MR) is 135 cm³/mol. The van der Waals surface area contributed by atoms with Crippen molar-refractivity contribution in [3.05, 3.63) is 108 Å². The molecule has 35 heavy (non-hydrogen) atoms. The van der Waals surface area contributed by atoms with E-state index in [1.54, 1.807) is 13.0 Å². The molecule has 0 aliphatic rings. The standard InChI is InChI=1S/C29H26N2O4/c1-2-25(29(32)33)34-21-12-7-9-19(17-21)18-30-27(28-31-24-15-5-6-16-26(24)35-28)23-14-8-11-20-10-3-4-13-22(20)23/h3-17,25,27,30H,2,18H2,1H3,(H,32,33). The lowest BCUT2D eigenvalue weighted by Crippen LogP contribution is -2.26. The monoisotopic (exact) mass is 466 g/mol. The zero-order chi connectivity index (χ0) is 24.2. The van der Waals surface area contributed by atoms with Crippen LogP contribution < -0.4 is 10.1 Å². The summed E-state index contributed by atoms with van der Waals surface area (Å²) in [6.45, 7) is 2.30. The second kappa shape index (κ2) is 9.99. The van der Waals surface area contributed by atoms with Crippen molar-refractivity contribution in [2.24, 2.45) is 0 Å². The van der Waals surface area contributed by atoms with Crippen molar-refractivity contribution in [1.82, 2.24) is 10.3 Å². The molecule has 1 heterocycles. The van der Waals surface area contributed by atoms with Crippen LogP contribution >= 0.6 is 0 Å². The van der Waals surface area contributed by atoms with Gasteiger partial charge in [0.15, 0.2) is 11.7 Å². The zero-order valence-corrected chi connectivity index (χ0v) is 19.3. The number of hydrogen-bond donors (Lipinski definition) is 2. The molecule has 0 aliphatic heterocycles. The highest BCUT2D eigenvalue weighted by Gasteiger charge is 2.22. The topological polar surface area (TPSA) is 84.6 Å². The fourth-order valence-electron chi connectivity index (χ4n) is 4.27. The fourth-order valence-corrected chi connectivity index (χ4v) is 4.27. The van der Waals surface area contributed by atoms with Crippen molar-refractivity contribution >= 4 is 27.8 Å². The van der Waals surface area contributed by atoms with Crippen LogP contribution in [0.25, 0.3) is 21.9 Å². The zero-order valence-electron chi connectivity index (χ0n) is 19.3. The van der Waals surface area contributed by atoms with E-state index in [0.29, 0.717) is 24.6 Å². The van der Waals surface area contributed by atoms with Gasteiger partial charge in [-0.25, -0.2) is 9.78 Å². The summed E-state index contributed by atoms with van der Waals surface area (Å²) in [5.41, 5.74) is 3.58. The number of para-hydroxylation sites is 2. The summed E-state index contributed by atoms with van der Waals surface area (Å²) in [4.78, 5) is 16.2. The molecule has 0 amide bonds. The third-order valence-electron chi connectivity index (χ3n) is 6.03. The first-order valence-corrected chi connectivity index (χ1v) is 11.7. The Morgan fingerprint density at radius 3 is 2.60 bits per heavy atom. The first kappa shape index (κ1) is 22.6. The molecule has 2 unspecified atom stereocenters. The van der Waals surface area contributed by atoms with E-state index in [-0.39, 0.29) is 6.04 Å². The average molecular weight is 467 g/mol. The van der Waals surface area contributed by atoms with Crippen LogP contribution in [0.5, 0.6) is 5.75 Å². The number of aliphatic carboxylic acids is 1. The minimum atomic E-state index is -0.969. The van der Waals surface area contributed by atoms with E-state index in [0.717, 1.165) is 33.0 Å². The molecule has 0 saturated carbocycles. The van der Waals surface area contributed by atoms with Crippen LogP contribution in [0.2, 0.25) is 0 Å². The van der Waals surface area contributed by atoms with Crippen LogP contribution in [-0.2, 0) is 11.3 Å². The smallest absolute Gasteiger partial charge is 0.344 e. The van der Waals surface area contributed by atoms with E-state index in [1.165, 1.54) is 0 Å². The van der Waals surface area contributed by atoms with E-state index >= 15 is 0 Å². The highest BCUT2D eigenvalue weighted by molar-refractivity contribution is 5.86. The molecule has 0 spiro atoms. The Morgan fingerprint density at radius 1 is 1.00 bits per heavy atom. The number of aromatic nitrogens is 1. The number of rotatable bonds is 9. The molecule has 0 fully saturated rings. The Labute approximate surface area is 203 Å². The predicted octanol–water partition coefficient (Wildman–Crippen LogP) is 6.10. The Kier molecular flexibility index (Phi) is 6.46. The Morgan fingerprint density at radius 2 is 1.77 bits per heavy atom. The van der Waals surface area contributed by atoms with E-state index in [9.17, 15) is 9.90 Å². The summed E-state index contributed by atoms with van der Waals surface area (Å²) in [7, 11) is 0. The summed E-state index contributed by atoms with van der Waals surface area (Å²) in [6, 6.07) is 29.4. The van der Waals surface area contributed by atoms with Crippen LogP contribution in [0.3, 0.4) is 0 Å². The maximum atomic E-state index is 11.4. The van der Waals surface area contributed by atoms with E-state index in [1.807, 2.05) is 60.7 Å². The summed E-state index contributed by atoms with van der Waals surface area (Å²) in [6.07, 6.45) is -0.486. The number of benzene rings is 4. The van der Waals surface area contributed by atoms with Crippen LogP contribution in [-0.4, -0.2) is 22.2 Å². The van der Waals surface area contributed by atoms with Crippen LogP contribution in [0.1, 0.15) is 36.4 Å². The average Bonchev–Trinajstić information content (AvgIpc) is 3.31. The molecule has 5 rings (SSSR count). The Bertz CT molecular complexity index is 1440. The van der Waals surface area contributed by atoms with E-state index in [2.05, 4.69) is 29.6 Å². The first-order valence-electron chi connectivity index (χ1n) is 11.7. The highest BCUT2D eigenvalue weighted by Crippen LogP contribution is 2.31. The van der Waals surface area contributed by atoms with Crippen LogP contribution in [0, 0.1) is 0 Å². The van der Waals surface area contributed by atoms with Crippen LogP contribution in [0.15, 0.2) is 95.4 Å². The number of fused-ring (bicyclic) bond motifs is 2. The number of hydrogen-bond acceptors (Lipinski definition) is 5. The van der Waals surface area contributed by atoms with Gasteiger partial charge in [-0.3, -0.25) is 5.32 Å². The largest absolute Gasteiger partial charge is 0.479 e. The van der Waals surface area contributed by atoms with Gasteiger partial charge in [0.05, 0.1) is 0 Å². The SMILES string of the molecule is CCC(Oc1cccc(CNC(c2nc3ccccc3o2)c2cccc3ccccc23)c1)C(=O)O. The van der Waals surface area contributed by atoms with Crippen molar-refractivity contribution in [1.29, 1.82) is 0 Å². The Hall–Kier alpha value is -4.16. The summed E-state index contributed by atoms with van der Waals surface area (Å²) >= 11 is 0. The lowest BCUT2D eigenvalue weighted by atomic mass is 9.98. The Balaban J connectivity index is 1.48. The van der Waals surface area contributed by atoms with Gasteiger partial charge in [-0.2, -0.15) is 0 Å². The second-order valence-electron chi connectivity index (χ2n) is 8.40. The van der Waals surface area contributed by atoms with Crippen molar-refractivity contribution in [3.8, 4) is 5.75 Å². The molecule has 2 N–H and O–H groups in total. The van der Waals surface area contributed by atoms with Gasteiger partial charge in [0.25, 0.3) is 0 Å². The first-order chi connectivity index (χ1) is 17.1. The van der Waals surface area contributed by atoms with Gasteiger partial charge < -0.3 is 14.3 Å². The minimum absolute atomic E-state index is 0.291. The van der Waals surface area contributed by atoms with Crippen molar-refractivity contribution < 1.29 is 19.1 Å². The number of carbonyl (C=O) groups is 1. The molecule has 4 aromatic carbocycles. The molecule has 5 aromatic rings. The van der Waals surface area contributed by atoms with Gasteiger partial charge >= 0.3 is 5.97 Å². The number of nitrogens with zero attached hydrogens (tertiary/aromatic N) is 1. The maximum Gasteiger partial charge on any atom is 0.344 e. The number of ether oxygens (including phenoxy) is 1. The van der Waals surface area contributed by atoms with Crippen molar-refractivity contribution in [2.75, 3.05) is 0 Å². The second-order valence-corrected chi connectivity index (χ2v) is 8.40. The molecule has 0 aliphatic carbocycles. The number of carboxylic acids is 1. The third kappa shape index (κ3) is 4.88.